The van der Waals surface area contributed by atoms with Crippen molar-refractivity contribution in [1.29, 1.82) is 0 Å². The first-order chi connectivity index (χ1) is 12.6. The maximum atomic E-state index is 11.2. The van der Waals surface area contributed by atoms with Crippen LogP contribution in [0.3, 0.4) is 0 Å². The zero-order valence-electron chi connectivity index (χ0n) is 14.9. The molecule has 0 N–H and O–H groups in total. The highest BCUT2D eigenvalue weighted by molar-refractivity contribution is 6.06. The van der Waals surface area contributed by atoms with Crippen LogP contribution in [-0.2, 0) is 4.79 Å². The summed E-state index contributed by atoms with van der Waals surface area (Å²) in [6.07, 6.45) is 1.67. The third-order valence-electron chi connectivity index (χ3n) is 4.86. The van der Waals surface area contributed by atoms with Crippen molar-refractivity contribution in [2.75, 3.05) is 6.54 Å². The van der Waals surface area contributed by atoms with Gasteiger partial charge in [-0.2, -0.15) is 0 Å². The van der Waals surface area contributed by atoms with Gasteiger partial charge in [0.25, 0.3) is 0 Å². The molecule has 0 unspecified atom stereocenters. The van der Waals surface area contributed by atoms with Crippen molar-refractivity contribution in [2.24, 2.45) is 0 Å². The van der Waals surface area contributed by atoms with E-state index >= 15 is 0 Å². The number of hydrogen-bond donors (Lipinski definition) is 0. The van der Waals surface area contributed by atoms with Crippen molar-refractivity contribution in [3.8, 4) is 17.0 Å². The topological polar surface area (TPSA) is 55.3 Å². The molecule has 3 heterocycles. The SMILES string of the molecule is BN1C[C@H](Oc2cc(-c3ccccc3)nc3nc(C)ccc23)C[C@H]1C=O. The number of hydrogen-bond acceptors (Lipinski definition) is 5. The first-order valence-corrected chi connectivity index (χ1v) is 8.80. The van der Waals surface area contributed by atoms with E-state index in [1.807, 2.05) is 68.2 Å². The van der Waals surface area contributed by atoms with Crippen LogP contribution in [0, 0.1) is 6.92 Å². The molecule has 0 saturated carbocycles. The summed E-state index contributed by atoms with van der Waals surface area (Å²) >= 11 is 0. The van der Waals surface area contributed by atoms with E-state index in [1.54, 1.807) is 0 Å². The van der Waals surface area contributed by atoms with Crippen molar-refractivity contribution < 1.29 is 9.53 Å². The highest BCUT2D eigenvalue weighted by Crippen LogP contribution is 2.31. The van der Waals surface area contributed by atoms with Crippen molar-refractivity contribution in [3.05, 3.63) is 54.2 Å². The number of carbonyl (C=O) groups excluding carboxylic acids is 1. The Morgan fingerprint density at radius 2 is 2.00 bits per heavy atom. The molecule has 5 nitrogen and oxygen atoms in total. The van der Waals surface area contributed by atoms with E-state index < -0.39 is 0 Å². The van der Waals surface area contributed by atoms with Gasteiger partial charge in [-0.05, 0) is 19.1 Å². The predicted molar refractivity (Wildman–Crippen MR) is 104 cm³/mol. The number of carbonyl (C=O) groups is 1. The first-order valence-electron chi connectivity index (χ1n) is 8.80. The molecule has 2 aromatic heterocycles. The summed E-state index contributed by atoms with van der Waals surface area (Å²) in [6.45, 7) is 2.69. The number of aldehydes is 1. The van der Waals surface area contributed by atoms with Gasteiger partial charge in [0.2, 0.25) is 0 Å². The Morgan fingerprint density at radius 3 is 2.73 bits per heavy atom. The van der Waals surface area contributed by atoms with Crippen LogP contribution in [0.4, 0.5) is 0 Å². The van der Waals surface area contributed by atoms with Gasteiger partial charge in [-0.3, -0.25) is 0 Å². The second-order valence-corrected chi connectivity index (χ2v) is 6.81. The van der Waals surface area contributed by atoms with E-state index in [2.05, 4.69) is 4.98 Å². The third-order valence-corrected chi connectivity index (χ3v) is 4.86. The van der Waals surface area contributed by atoms with E-state index in [4.69, 9.17) is 9.72 Å². The van der Waals surface area contributed by atoms with Gasteiger partial charge in [-0.15, -0.1) is 0 Å². The van der Waals surface area contributed by atoms with Gasteiger partial charge in [0.1, 0.15) is 18.1 Å². The van der Waals surface area contributed by atoms with Gasteiger partial charge in [-0.1, -0.05) is 30.3 Å². The Morgan fingerprint density at radius 1 is 1.19 bits per heavy atom. The molecule has 0 aliphatic carbocycles. The summed E-state index contributed by atoms with van der Waals surface area (Å²) in [5.74, 6) is 0.770. The standard InChI is InChI=1S/C20H20BN3O2/c1-13-7-8-17-19(26-16-9-15(12-25)24(21)11-16)10-18(23-20(17)22-13)14-5-3-2-4-6-14/h2-8,10,12,15-16H,9,11,21H2,1H3/t15-,16+/m0/s1. The van der Waals surface area contributed by atoms with Crippen LogP contribution < -0.4 is 4.74 Å². The molecule has 26 heavy (non-hydrogen) atoms. The Balaban J connectivity index is 1.76. The van der Waals surface area contributed by atoms with E-state index in [0.717, 1.165) is 40.9 Å². The monoisotopic (exact) mass is 345 g/mol. The molecule has 0 radical (unpaired) electrons. The Labute approximate surface area is 153 Å². The molecule has 1 fully saturated rings. The predicted octanol–water partition coefficient (Wildman–Crippen LogP) is 2.17. The van der Waals surface area contributed by atoms with Crippen LogP contribution in [0.2, 0.25) is 0 Å². The third kappa shape index (κ3) is 3.20. The summed E-state index contributed by atoms with van der Waals surface area (Å²) < 4.78 is 6.31. The van der Waals surface area contributed by atoms with E-state index in [-0.39, 0.29) is 12.1 Å². The average molecular weight is 345 g/mol. The van der Waals surface area contributed by atoms with Gasteiger partial charge in [0.15, 0.2) is 13.6 Å². The van der Waals surface area contributed by atoms with Crippen molar-refractivity contribution >= 4 is 25.3 Å². The minimum absolute atomic E-state index is 0.0225. The van der Waals surface area contributed by atoms with Crippen molar-refractivity contribution in [3.63, 3.8) is 0 Å². The number of ether oxygens (including phenoxy) is 1. The van der Waals surface area contributed by atoms with Gasteiger partial charge >= 0.3 is 0 Å². The van der Waals surface area contributed by atoms with Crippen LogP contribution in [-0.4, -0.2) is 47.7 Å². The lowest BCUT2D eigenvalue weighted by Gasteiger charge is -2.16. The fraction of sp³-hybridized carbons (Fsp3) is 0.250. The highest BCUT2D eigenvalue weighted by Gasteiger charge is 2.30. The number of pyridine rings is 2. The molecular formula is C20H20BN3O2. The number of benzene rings is 1. The maximum Gasteiger partial charge on any atom is 0.186 e. The summed E-state index contributed by atoms with van der Waals surface area (Å²) in [7, 11) is 1.95. The minimum atomic E-state index is -0.0814. The van der Waals surface area contributed by atoms with Crippen LogP contribution in [0.5, 0.6) is 5.75 Å². The molecule has 1 saturated heterocycles. The molecule has 2 atom stereocenters. The van der Waals surface area contributed by atoms with Gasteiger partial charge < -0.3 is 14.3 Å². The molecule has 130 valence electrons. The van der Waals surface area contributed by atoms with Gasteiger partial charge in [0, 0.05) is 30.3 Å². The Kier molecular flexibility index (Phi) is 4.43. The summed E-state index contributed by atoms with van der Waals surface area (Å²) in [6, 6.07) is 15.9. The van der Waals surface area contributed by atoms with Gasteiger partial charge in [-0.25, -0.2) is 9.97 Å². The second kappa shape index (κ2) is 6.88. The Hall–Kier alpha value is -2.73. The lowest BCUT2D eigenvalue weighted by Crippen LogP contribution is -2.28. The largest absolute Gasteiger partial charge is 0.488 e. The zero-order valence-corrected chi connectivity index (χ0v) is 14.9. The highest BCUT2D eigenvalue weighted by atomic mass is 16.5. The van der Waals surface area contributed by atoms with E-state index in [9.17, 15) is 4.79 Å². The van der Waals surface area contributed by atoms with Crippen LogP contribution in [0.25, 0.3) is 22.3 Å². The number of aryl methyl sites for hydroxylation is 1. The fourth-order valence-electron chi connectivity index (χ4n) is 3.43. The molecular weight excluding hydrogens is 325 g/mol. The zero-order chi connectivity index (χ0) is 18.1. The Bertz CT molecular complexity index is 948. The summed E-state index contributed by atoms with van der Waals surface area (Å²) in [5, 5.41) is 0.896. The molecule has 1 aliphatic heterocycles. The van der Waals surface area contributed by atoms with Crippen molar-refractivity contribution in [1.82, 2.24) is 14.8 Å². The molecule has 3 aromatic rings. The summed E-state index contributed by atoms with van der Waals surface area (Å²) in [5.41, 5.74) is 3.46. The number of nitrogens with zero attached hydrogens (tertiary/aromatic N) is 3. The fourth-order valence-corrected chi connectivity index (χ4v) is 3.43. The minimum Gasteiger partial charge on any atom is -0.488 e. The average Bonchev–Trinajstić information content (AvgIpc) is 3.01. The van der Waals surface area contributed by atoms with E-state index in [1.165, 1.54) is 0 Å². The summed E-state index contributed by atoms with van der Waals surface area (Å²) in [4.78, 5) is 22.5. The normalized spacial score (nSPS) is 20.3. The number of aromatic nitrogens is 2. The lowest BCUT2D eigenvalue weighted by atomic mass is 10.1. The molecule has 1 aliphatic rings. The molecule has 4 rings (SSSR count). The maximum absolute atomic E-state index is 11.2. The second-order valence-electron chi connectivity index (χ2n) is 6.81. The van der Waals surface area contributed by atoms with Crippen molar-refractivity contribution in [2.45, 2.75) is 25.5 Å². The van der Waals surface area contributed by atoms with Crippen LogP contribution in [0.1, 0.15) is 12.1 Å². The molecule has 0 amide bonds. The quantitative estimate of drug-likeness (QED) is 0.536. The lowest BCUT2D eigenvalue weighted by molar-refractivity contribution is -0.110. The van der Waals surface area contributed by atoms with Crippen LogP contribution in [0.15, 0.2) is 48.5 Å². The molecule has 0 spiro atoms. The first kappa shape index (κ1) is 16.7. The molecule has 1 aromatic carbocycles. The molecule has 0 bridgehead atoms. The van der Waals surface area contributed by atoms with E-state index in [0.29, 0.717) is 12.1 Å². The molecule has 6 heteroatoms. The number of fused-ring (bicyclic) bond motifs is 1. The van der Waals surface area contributed by atoms with Gasteiger partial charge in [0.05, 0.1) is 17.1 Å². The van der Waals surface area contributed by atoms with Crippen LogP contribution >= 0.6 is 0 Å². The number of rotatable bonds is 4. The smallest absolute Gasteiger partial charge is 0.186 e.